The van der Waals surface area contributed by atoms with Crippen LogP contribution in [0.5, 0.6) is 0 Å². The van der Waals surface area contributed by atoms with Gasteiger partial charge in [0.2, 0.25) is 0 Å². The van der Waals surface area contributed by atoms with Gasteiger partial charge >= 0.3 is 0 Å². The average Bonchev–Trinajstić information content (AvgIpc) is 2.60. The molecule has 0 fully saturated rings. The molecule has 7 heteroatoms. The Kier molecular flexibility index (Phi) is 3.41. The first-order valence-electron chi connectivity index (χ1n) is 7.04. The number of carbonyl (C=O) groups excluding carboxylic acids is 4. The zero-order valence-electron chi connectivity index (χ0n) is 12.7. The number of carbonyl (C=O) groups is 4. The number of benzene rings is 2. The third kappa shape index (κ3) is 1.84. The van der Waals surface area contributed by atoms with Gasteiger partial charge < -0.3 is 16.8 Å². The summed E-state index contributed by atoms with van der Waals surface area (Å²) >= 11 is 0. The van der Waals surface area contributed by atoms with Crippen LogP contribution in [0.25, 0.3) is 0 Å². The number of amides is 1. The monoisotopic (exact) mass is 323 g/mol. The zero-order valence-corrected chi connectivity index (χ0v) is 12.7. The Hall–Kier alpha value is -3.48. The van der Waals surface area contributed by atoms with E-state index in [1.807, 2.05) is 0 Å². The molecule has 2 aromatic rings. The summed E-state index contributed by atoms with van der Waals surface area (Å²) in [6.45, 7) is 0. The second-order valence-corrected chi connectivity index (χ2v) is 5.27. The lowest BCUT2D eigenvalue weighted by molar-refractivity contribution is 0.0955. The summed E-state index contributed by atoms with van der Waals surface area (Å²) in [6, 6.07) is 6.24. The maximum absolute atomic E-state index is 12.8. The molecule has 0 radical (unpaired) electrons. The summed E-state index contributed by atoms with van der Waals surface area (Å²) in [5.41, 5.74) is 11.2. The molecule has 0 aromatic heterocycles. The van der Waals surface area contributed by atoms with E-state index < -0.39 is 17.5 Å². The van der Waals surface area contributed by atoms with Crippen molar-refractivity contribution in [2.75, 3.05) is 18.5 Å². The lowest BCUT2D eigenvalue weighted by Gasteiger charge is -2.23. The van der Waals surface area contributed by atoms with Gasteiger partial charge in [0, 0.05) is 18.2 Å². The Morgan fingerprint density at radius 3 is 1.96 bits per heavy atom. The van der Waals surface area contributed by atoms with Gasteiger partial charge in [-0.05, 0) is 0 Å². The van der Waals surface area contributed by atoms with Crippen LogP contribution >= 0.6 is 0 Å². The van der Waals surface area contributed by atoms with Crippen LogP contribution < -0.4 is 16.8 Å². The van der Waals surface area contributed by atoms with Crippen LogP contribution in [-0.4, -0.2) is 30.8 Å². The molecule has 0 unspecified atom stereocenters. The molecule has 3 rings (SSSR count). The van der Waals surface area contributed by atoms with E-state index in [0.717, 1.165) is 0 Å². The Balaban J connectivity index is 2.46. The number of aldehydes is 1. The molecule has 0 atom stereocenters. The van der Waals surface area contributed by atoms with Crippen molar-refractivity contribution in [3.63, 3.8) is 0 Å². The number of anilines is 2. The summed E-state index contributed by atoms with van der Waals surface area (Å²) in [5, 5.41) is 2.35. The van der Waals surface area contributed by atoms with Crippen LogP contribution in [0.1, 0.15) is 52.6 Å². The van der Waals surface area contributed by atoms with Crippen molar-refractivity contribution < 1.29 is 19.2 Å². The first-order valence-corrected chi connectivity index (χ1v) is 7.04. The minimum atomic E-state index is -0.664. The normalized spacial score (nSPS) is 12.4. The molecule has 0 saturated carbocycles. The molecule has 0 aliphatic heterocycles. The number of nitrogens with one attached hydrogen (secondary N) is 1. The van der Waals surface area contributed by atoms with E-state index in [1.165, 1.54) is 19.2 Å². The van der Waals surface area contributed by atoms with Gasteiger partial charge in [-0.1, -0.05) is 24.3 Å². The van der Waals surface area contributed by atoms with Crippen LogP contribution in [-0.2, 0) is 0 Å². The largest absolute Gasteiger partial charge is 0.398 e. The van der Waals surface area contributed by atoms with Gasteiger partial charge in [0.1, 0.15) is 0 Å². The smallest absolute Gasteiger partial charge is 0.253 e. The number of ketones is 2. The highest BCUT2D eigenvalue weighted by Gasteiger charge is 2.36. The van der Waals surface area contributed by atoms with Crippen molar-refractivity contribution in [1.82, 2.24) is 5.32 Å². The predicted molar refractivity (Wildman–Crippen MR) is 87.4 cm³/mol. The number of nitrogens with two attached hydrogens (primary N) is 2. The summed E-state index contributed by atoms with van der Waals surface area (Å²) in [4.78, 5) is 49.0. The second kappa shape index (κ2) is 5.31. The number of rotatable bonds is 2. The minimum absolute atomic E-state index is 0.133. The predicted octanol–water partition coefficient (Wildman–Crippen LogP) is 0.798. The molecular weight excluding hydrogens is 310 g/mol. The maximum atomic E-state index is 12.8. The molecule has 120 valence electrons. The van der Waals surface area contributed by atoms with Crippen molar-refractivity contribution in [3.8, 4) is 0 Å². The molecular formula is C17H13N3O4. The molecule has 5 N–H and O–H groups in total. The van der Waals surface area contributed by atoms with Gasteiger partial charge in [-0.25, -0.2) is 0 Å². The number of hydrogen-bond donors (Lipinski definition) is 3. The quantitative estimate of drug-likeness (QED) is 0.472. The van der Waals surface area contributed by atoms with Crippen molar-refractivity contribution in [2.24, 2.45) is 0 Å². The third-order valence-electron chi connectivity index (χ3n) is 4.06. The Bertz CT molecular complexity index is 947. The molecule has 2 aromatic carbocycles. The van der Waals surface area contributed by atoms with Gasteiger partial charge in [-0.2, -0.15) is 0 Å². The van der Waals surface area contributed by atoms with Crippen molar-refractivity contribution in [2.45, 2.75) is 0 Å². The van der Waals surface area contributed by atoms with E-state index in [0.29, 0.717) is 6.29 Å². The molecule has 1 amide bonds. The van der Waals surface area contributed by atoms with Gasteiger partial charge in [-0.15, -0.1) is 0 Å². The van der Waals surface area contributed by atoms with Crippen molar-refractivity contribution in [3.05, 3.63) is 57.6 Å². The molecule has 7 nitrogen and oxygen atoms in total. The molecule has 1 aliphatic rings. The van der Waals surface area contributed by atoms with E-state index >= 15 is 0 Å². The highest BCUT2D eigenvalue weighted by molar-refractivity contribution is 6.33. The summed E-state index contributed by atoms with van der Waals surface area (Å²) in [6.07, 6.45) is 0.356. The summed E-state index contributed by atoms with van der Waals surface area (Å²) in [5.74, 6) is -1.67. The van der Waals surface area contributed by atoms with Crippen LogP contribution in [0, 0.1) is 0 Å². The van der Waals surface area contributed by atoms with E-state index in [1.54, 1.807) is 12.1 Å². The fourth-order valence-electron chi connectivity index (χ4n) is 2.92. The van der Waals surface area contributed by atoms with Gasteiger partial charge in [0.15, 0.2) is 17.9 Å². The fourth-order valence-corrected chi connectivity index (χ4v) is 2.92. The highest BCUT2D eigenvalue weighted by Crippen LogP contribution is 2.38. The average molecular weight is 323 g/mol. The van der Waals surface area contributed by atoms with Crippen LogP contribution in [0.2, 0.25) is 0 Å². The van der Waals surface area contributed by atoms with Crippen LogP contribution in [0.15, 0.2) is 24.3 Å². The van der Waals surface area contributed by atoms with Crippen LogP contribution in [0.3, 0.4) is 0 Å². The fraction of sp³-hybridized carbons (Fsp3) is 0.0588. The molecule has 0 bridgehead atoms. The lowest BCUT2D eigenvalue weighted by atomic mass is 9.79. The Labute approximate surface area is 136 Å². The molecule has 1 aliphatic carbocycles. The second-order valence-electron chi connectivity index (χ2n) is 5.27. The van der Waals surface area contributed by atoms with Gasteiger partial charge in [-0.3, -0.25) is 19.2 Å². The maximum Gasteiger partial charge on any atom is 0.253 e. The molecule has 0 saturated heterocycles. The molecule has 24 heavy (non-hydrogen) atoms. The lowest BCUT2D eigenvalue weighted by Crippen LogP contribution is -2.29. The first-order chi connectivity index (χ1) is 11.4. The number of hydrogen-bond acceptors (Lipinski definition) is 6. The summed E-state index contributed by atoms with van der Waals surface area (Å²) < 4.78 is 0. The van der Waals surface area contributed by atoms with Crippen molar-refractivity contribution in [1.29, 1.82) is 0 Å². The van der Waals surface area contributed by atoms with Gasteiger partial charge in [0.05, 0.1) is 33.6 Å². The number of fused-ring (bicyclic) bond motifs is 2. The highest BCUT2D eigenvalue weighted by atomic mass is 16.2. The van der Waals surface area contributed by atoms with E-state index in [9.17, 15) is 19.2 Å². The third-order valence-corrected chi connectivity index (χ3v) is 4.06. The topological polar surface area (TPSA) is 132 Å². The SMILES string of the molecule is CNC(=O)c1c(N)c2c(c(N)c1C=O)C(=O)c1ccccc1C2=O. The number of nitrogen functional groups attached to an aromatic ring is 2. The summed E-state index contributed by atoms with van der Waals surface area (Å²) in [7, 11) is 1.36. The minimum Gasteiger partial charge on any atom is -0.398 e. The van der Waals surface area contributed by atoms with E-state index in [4.69, 9.17) is 11.5 Å². The molecule has 0 heterocycles. The molecule has 0 spiro atoms. The van der Waals surface area contributed by atoms with Crippen LogP contribution in [0.4, 0.5) is 11.4 Å². The van der Waals surface area contributed by atoms with Gasteiger partial charge in [0.25, 0.3) is 5.91 Å². The van der Waals surface area contributed by atoms with Crippen molar-refractivity contribution >= 4 is 35.1 Å². The van der Waals surface area contributed by atoms with E-state index in [-0.39, 0.29) is 44.8 Å². The standard InChI is InChI=1S/C17H13N3O4/c1-20-17(24)10-9(6-21)13(18)11-12(14(10)19)16(23)8-5-3-2-4-7(8)15(11)22/h2-6H,18-19H2,1H3,(H,20,24). The Morgan fingerprint density at radius 2 is 1.50 bits per heavy atom. The first kappa shape index (κ1) is 15.4. The zero-order chi connectivity index (χ0) is 17.6. The Morgan fingerprint density at radius 1 is 1.00 bits per heavy atom. The van der Waals surface area contributed by atoms with E-state index in [2.05, 4.69) is 5.32 Å².